The van der Waals surface area contributed by atoms with Crippen LogP contribution in [0.4, 0.5) is 5.69 Å². The first kappa shape index (κ1) is 21.3. The number of nitrogens with one attached hydrogen (secondary N) is 1. The summed E-state index contributed by atoms with van der Waals surface area (Å²) in [6.07, 6.45) is 0. The van der Waals surface area contributed by atoms with Gasteiger partial charge in [0.25, 0.3) is 5.91 Å². The van der Waals surface area contributed by atoms with Gasteiger partial charge in [0.05, 0.1) is 30.8 Å². The van der Waals surface area contributed by atoms with Crippen molar-refractivity contribution in [3.8, 4) is 5.75 Å². The smallest absolute Gasteiger partial charge is 0.259 e. The largest absolute Gasteiger partial charge is 0.496 e. The highest BCUT2D eigenvalue weighted by molar-refractivity contribution is 7.89. The predicted molar refractivity (Wildman–Crippen MR) is 111 cm³/mol. The summed E-state index contributed by atoms with van der Waals surface area (Å²) in [4.78, 5) is 13.1. The van der Waals surface area contributed by atoms with Gasteiger partial charge in [0.15, 0.2) is 0 Å². The second kappa shape index (κ2) is 8.94. The van der Waals surface area contributed by atoms with E-state index in [1.165, 1.54) is 29.6 Å². The molecule has 0 aromatic heterocycles. The summed E-state index contributed by atoms with van der Waals surface area (Å²) in [5, 5.41) is 2.89. The Hall–Kier alpha value is -2.42. The normalized spacial score (nSPS) is 15.3. The number of nitrogens with zero attached hydrogens (tertiary/aromatic N) is 1. The average Bonchev–Trinajstić information content (AvgIpc) is 2.74. The number of carbonyl (C=O) groups excluding carboxylic acids is 1. The highest BCUT2D eigenvalue weighted by Crippen LogP contribution is 2.28. The molecule has 0 atom stereocenters. The van der Waals surface area contributed by atoms with Crippen LogP contribution in [0.2, 0.25) is 0 Å². The van der Waals surface area contributed by atoms with Crippen LogP contribution in [-0.4, -0.2) is 52.0 Å². The van der Waals surface area contributed by atoms with Crippen LogP contribution in [0.5, 0.6) is 5.75 Å². The van der Waals surface area contributed by atoms with Crippen LogP contribution in [0.25, 0.3) is 0 Å². The van der Waals surface area contributed by atoms with Crippen molar-refractivity contribution in [2.24, 2.45) is 0 Å². The van der Waals surface area contributed by atoms with Gasteiger partial charge in [-0.15, -0.1) is 0 Å². The second-order valence-corrected chi connectivity index (χ2v) is 9.01. The van der Waals surface area contributed by atoms with E-state index in [4.69, 9.17) is 9.47 Å². The van der Waals surface area contributed by atoms with E-state index < -0.39 is 15.9 Å². The molecule has 2 aromatic carbocycles. The van der Waals surface area contributed by atoms with Crippen LogP contribution in [0.1, 0.15) is 35.7 Å². The van der Waals surface area contributed by atoms with E-state index in [9.17, 15) is 13.2 Å². The molecule has 1 saturated heterocycles. The number of para-hydroxylation sites is 1. The fourth-order valence-corrected chi connectivity index (χ4v) is 4.70. The molecule has 1 N–H and O–H groups in total. The van der Waals surface area contributed by atoms with Crippen molar-refractivity contribution in [2.45, 2.75) is 24.7 Å². The molecular formula is C21H26N2O5S. The number of amides is 1. The zero-order valence-corrected chi connectivity index (χ0v) is 17.7. The molecule has 7 nitrogen and oxygen atoms in total. The molecule has 2 aromatic rings. The molecule has 0 aliphatic carbocycles. The van der Waals surface area contributed by atoms with E-state index in [1.54, 1.807) is 0 Å². The van der Waals surface area contributed by atoms with Gasteiger partial charge in [-0.25, -0.2) is 8.42 Å². The highest BCUT2D eigenvalue weighted by atomic mass is 32.2. The first-order valence-electron chi connectivity index (χ1n) is 9.51. The monoisotopic (exact) mass is 418 g/mol. The quantitative estimate of drug-likeness (QED) is 0.779. The van der Waals surface area contributed by atoms with E-state index in [0.717, 1.165) is 5.56 Å². The van der Waals surface area contributed by atoms with Crippen molar-refractivity contribution in [3.63, 3.8) is 0 Å². The Kier molecular flexibility index (Phi) is 6.56. The third-order valence-electron chi connectivity index (χ3n) is 4.85. The number of hydrogen-bond donors (Lipinski definition) is 1. The van der Waals surface area contributed by atoms with Crippen LogP contribution in [0.3, 0.4) is 0 Å². The molecule has 1 fully saturated rings. The molecule has 0 radical (unpaired) electrons. The van der Waals surface area contributed by atoms with Crippen molar-refractivity contribution in [3.05, 3.63) is 53.6 Å². The molecule has 0 spiro atoms. The number of ether oxygens (including phenoxy) is 2. The lowest BCUT2D eigenvalue weighted by molar-refractivity contribution is 0.0730. The second-order valence-electron chi connectivity index (χ2n) is 7.07. The molecule has 1 aliphatic heterocycles. The lowest BCUT2D eigenvalue weighted by atomic mass is 10.0. The third-order valence-corrected chi connectivity index (χ3v) is 6.75. The Morgan fingerprint density at radius 3 is 2.48 bits per heavy atom. The molecule has 29 heavy (non-hydrogen) atoms. The summed E-state index contributed by atoms with van der Waals surface area (Å²) in [5.74, 6) is 0.112. The van der Waals surface area contributed by atoms with Crippen molar-refractivity contribution >= 4 is 21.6 Å². The van der Waals surface area contributed by atoms with Crippen LogP contribution in [-0.2, 0) is 14.8 Å². The van der Waals surface area contributed by atoms with Gasteiger partial charge in [0, 0.05) is 18.8 Å². The Bertz CT molecular complexity index is 982. The molecule has 1 amide bonds. The fraction of sp³-hybridized carbons (Fsp3) is 0.381. The van der Waals surface area contributed by atoms with Gasteiger partial charge in [-0.2, -0.15) is 4.31 Å². The topological polar surface area (TPSA) is 84.9 Å². The molecular weight excluding hydrogens is 392 g/mol. The summed E-state index contributed by atoms with van der Waals surface area (Å²) < 4.78 is 37.8. The Balaban J connectivity index is 1.94. The number of morpholine rings is 1. The van der Waals surface area contributed by atoms with E-state index in [1.807, 2.05) is 38.1 Å². The molecule has 8 heteroatoms. The van der Waals surface area contributed by atoms with Gasteiger partial charge < -0.3 is 14.8 Å². The standard InChI is InChI=1S/C21H26N2O5S/c1-15(2)17-6-4-5-7-19(17)22-21(24)18-14-16(8-9-20(18)27-3)29(25,26)23-10-12-28-13-11-23/h4-9,14-15H,10-13H2,1-3H3,(H,22,24). The number of hydrogen-bond acceptors (Lipinski definition) is 5. The number of carbonyl (C=O) groups is 1. The van der Waals surface area contributed by atoms with Gasteiger partial charge in [-0.05, 0) is 35.7 Å². The maximum atomic E-state index is 13.0. The first-order valence-corrected chi connectivity index (χ1v) is 10.9. The zero-order valence-electron chi connectivity index (χ0n) is 16.8. The lowest BCUT2D eigenvalue weighted by Crippen LogP contribution is -2.40. The number of benzene rings is 2. The molecule has 0 saturated carbocycles. The minimum atomic E-state index is -3.72. The van der Waals surface area contributed by atoms with Gasteiger partial charge in [0.2, 0.25) is 10.0 Å². The summed E-state index contributed by atoms with van der Waals surface area (Å²) in [6, 6.07) is 11.9. The van der Waals surface area contributed by atoms with Crippen molar-refractivity contribution in [2.75, 3.05) is 38.7 Å². The number of rotatable bonds is 6. The van der Waals surface area contributed by atoms with Gasteiger partial charge in [-0.1, -0.05) is 32.0 Å². The van der Waals surface area contributed by atoms with Crippen molar-refractivity contribution in [1.29, 1.82) is 0 Å². The van der Waals surface area contributed by atoms with Crippen LogP contribution in [0, 0.1) is 0 Å². The molecule has 1 aliphatic rings. The lowest BCUT2D eigenvalue weighted by Gasteiger charge is -2.26. The van der Waals surface area contributed by atoms with E-state index in [-0.39, 0.29) is 29.5 Å². The Morgan fingerprint density at radius 1 is 1.14 bits per heavy atom. The fourth-order valence-electron chi connectivity index (χ4n) is 3.26. The third kappa shape index (κ3) is 4.60. The van der Waals surface area contributed by atoms with Crippen LogP contribution < -0.4 is 10.1 Å². The van der Waals surface area contributed by atoms with E-state index >= 15 is 0 Å². The summed E-state index contributed by atoms with van der Waals surface area (Å²) in [6.45, 7) is 5.38. The maximum absolute atomic E-state index is 13.0. The van der Waals surface area contributed by atoms with Crippen LogP contribution in [0.15, 0.2) is 47.4 Å². The van der Waals surface area contributed by atoms with Crippen molar-refractivity contribution < 1.29 is 22.7 Å². The van der Waals surface area contributed by atoms with Crippen LogP contribution >= 0.6 is 0 Å². The number of sulfonamides is 1. The van der Waals surface area contributed by atoms with Crippen molar-refractivity contribution in [1.82, 2.24) is 4.31 Å². The Morgan fingerprint density at radius 2 is 1.83 bits per heavy atom. The first-order chi connectivity index (χ1) is 13.8. The summed E-state index contributed by atoms with van der Waals surface area (Å²) in [7, 11) is -2.27. The van der Waals surface area contributed by atoms with Gasteiger partial charge in [0.1, 0.15) is 5.75 Å². The summed E-state index contributed by atoms with van der Waals surface area (Å²) in [5.41, 5.74) is 1.85. The molecule has 1 heterocycles. The van der Waals surface area contributed by atoms with Gasteiger partial charge in [-0.3, -0.25) is 4.79 Å². The van der Waals surface area contributed by atoms with E-state index in [0.29, 0.717) is 24.7 Å². The molecule has 156 valence electrons. The summed E-state index contributed by atoms with van der Waals surface area (Å²) >= 11 is 0. The number of anilines is 1. The Labute approximate surface area is 171 Å². The van der Waals surface area contributed by atoms with Gasteiger partial charge >= 0.3 is 0 Å². The SMILES string of the molecule is COc1ccc(S(=O)(=O)N2CCOCC2)cc1C(=O)Nc1ccccc1C(C)C. The maximum Gasteiger partial charge on any atom is 0.259 e. The molecule has 0 unspecified atom stereocenters. The highest BCUT2D eigenvalue weighted by Gasteiger charge is 2.28. The minimum absolute atomic E-state index is 0.0579. The molecule has 0 bridgehead atoms. The minimum Gasteiger partial charge on any atom is -0.496 e. The zero-order chi connectivity index (χ0) is 21.0. The van der Waals surface area contributed by atoms with E-state index in [2.05, 4.69) is 5.32 Å². The average molecular weight is 419 g/mol. The predicted octanol–water partition coefficient (Wildman–Crippen LogP) is 3.09. The molecule has 3 rings (SSSR count). The number of methoxy groups -OCH3 is 1.